The summed E-state index contributed by atoms with van der Waals surface area (Å²) >= 11 is 5.94. The van der Waals surface area contributed by atoms with E-state index in [1.807, 2.05) is 38.2 Å². The zero-order valence-electron chi connectivity index (χ0n) is 15.7. The molecule has 25 heavy (non-hydrogen) atoms. The number of carbonyl (C=O) groups excluding carboxylic acids is 1. The summed E-state index contributed by atoms with van der Waals surface area (Å²) in [4.78, 5) is 16.7. The third-order valence-electron chi connectivity index (χ3n) is 5.00. The molecule has 0 aromatic heterocycles. The zero-order chi connectivity index (χ0) is 18.4. The standard InChI is InChI=1S/C19H30ClN3O2/c1-14(2)18(23-9-11-25-12-10-23)13-21-19(24)22(4)15(3)16-5-7-17(20)8-6-16/h5-8,14-15,18H,9-13H2,1-4H3,(H,21,24). The molecule has 1 aromatic carbocycles. The van der Waals surface area contributed by atoms with Crippen molar-refractivity contribution in [1.82, 2.24) is 15.1 Å². The van der Waals surface area contributed by atoms with Crippen LogP contribution in [0.25, 0.3) is 0 Å². The van der Waals surface area contributed by atoms with Gasteiger partial charge in [-0.05, 0) is 30.5 Å². The van der Waals surface area contributed by atoms with Crippen molar-refractivity contribution >= 4 is 17.6 Å². The van der Waals surface area contributed by atoms with Crippen LogP contribution in [0.2, 0.25) is 5.02 Å². The van der Waals surface area contributed by atoms with E-state index in [-0.39, 0.29) is 12.1 Å². The Morgan fingerprint density at radius 2 is 1.84 bits per heavy atom. The number of nitrogens with zero attached hydrogens (tertiary/aromatic N) is 2. The highest BCUT2D eigenvalue weighted by Gasteiger charge is 2.25. The number of carbonyl (C=O) groups is 1. The number of hydrogen-bond donors (Lipinski definition) is 1. The lowest BCUT2D eigenvalue weighted by molar-refractivity contribution is 0.00692. The second-order valence-electron chi connectivity index (χ2n) is 6.98. The maximum Gasteiger partial charge on any atom is 0.317 e. The van der Waals surface area contributed by atoms with Gasteiger partial charge in [-0.3, -0.25) is 4.90 Å². The molecule has 1 saturated heterocycles. The fourth-order valence-electron chi connectivity index (χ4n) is 3.15. The summed E-state index contributed by atoms with van der Waals surface area (Å²) in [7, 11) is 1.83. The molecule has 1 N–H and O–H groups in total. The van der Waals surface area contributed by atoms with Gasteiger partial charge in [0.25, 0.3) is 0 Å². The van der Waals surface area contributed by atoms with Crippen LogP contribution < -0.4 is 5.32 Å². The summed E-state index contributed by atoms with van der Waals surface area (Å²) in [6.45, 7) is 10.5. The first-order valence-electron chi connectivity index (χ1n) is 8.98. The monoisotopic (exact) mass is 367 g/mol. The number of rotatable bonds is 6. The lowest BCUT2D eigenvalue weighted by Gasteiger charge is -2.37. The van der Waals surface area contributed by atoms with Crippen LogP contribution in [0, 0.1) is 5.92 Å². The minimum Gasteiger partial charge on any atom is -0.379 e. The smallest absolute Gasteiger partial charge is 0.317 e. The zero-order valence-corrected chi connectivity index (χ0v) is 16.4. The lowest BCUT2D eigenvalue weighted by atomic mass is 10.0. The predicted octanol–water partition coefficient (Wildman–Crippen LogP) is 3.40. The highest BCUT2D eigenvalue weighted by atomic mass is 35.5. The molecule has 1 fully saturated rings. The van der Waals surface area contributed by atoms with Crippen molar-refractivity contribution in [2.75, 3.05) is 39.9 Å². The molecule has 1 aromatic rings. The molecule has 1 heterocycles. The minimum atomic E-state index is -0.0543. The highest BCUT2D eigenvalue weighted by Crippen LogP contribution is 2.21. The molecule has 0 saturated carbocycles. The Labute approximate surface area is 156 Å². The Kier molecular flexibility index (Phi) is 7.54. The molecule has 0 bridgehead atoms. The largest absolute Gasteiger partial charge is 0.379 e. The van der Waals surface area contributed by atoms with E-state index in [0.717, 1.165) is 31.9 Å². The quantitative estimate of drug-likeness (QED) is 0.838. The van der Waals surface area contributed by atoms with Gasteiger partial charge in [0.2, 0.25) is 0 Å². The summed E-state index contributed by atoms with van der Waals surface area (Å²) in [6.07, 6.45) is 0. The second kappa shape index (κ2) is 9.41. The van der Waals surface area contributed by atoms with E-state index in [4.69, 9.17) is 16.3 Å². The molecule has 6 heteroatoms. The first-order valence-corrected chi connectivity index (χ1v) is 9.36. The highest BCUT2D eigenvalue weighted by molar-refractivity contribution is 6.30. The number of nitrogens with one attached hydrogen (secondary N) is 1. The molecule has 0 aliphatic carbocycles. The van der Waals surface area contributed by atoms with Crippen molar-refractivity contribution in [2.45, 2.75) is 32.9 Å². The van der Waals surface area contributed by atoms with Crippen LogP contribution in [-0.4, -0.2) is 61.8 Å². The van der Waals surface area contributed by atoms with Gasteiger partial charge < -0.3 is 15.0 Å². The van der Waals surface area contributed by atoms with E-state index in [1.54, 1.807) is 4.90 Å². The molecular formula is C19H30ClN3O2. The van der Waals surface area contributed by atoms with Crippen LogP contribution in [-0.2, 0) is 4.74 Å². The Hall–Kier alpha value is -1.30. The number of hydrogen-bond acceptors (Lipinski definition) is 3. The minimum absolute atomic E-state index is 0.0156. The number of morpholine rings is 1. The van der Waals surface area contributed by atoms with Gasteiger partial charge in [0.05, 0.1) is 19.3 Å². The van der Waals surface area contributed by atoms with E-state index >= 15 is 0 Å². The molecule has 2 amide bonds. The fourth-order valence-corrected chi connectivity index (χ4v) is 3.28. The number of halogens is 1. The van der Waals surface area contributed by atoms with Gasteiger partial charge in [-0.2, -0.15) is 0 Å². The van der Waals surface area contributed by atoms with Crippen LogP contribution >= 0.6 is 11.6 Å². The van der Waals surface area contributed by atoms with Crippen molar-refractivity contribution < 1.29 is 9.53 Å². The van der Waals surface area contributed by atoms with Gasteiger partial charge in [-0.1, -0.05) is 37.6 Å². The van der Waals surface area contributed by atoms with Gasteiger partial charge in [0.15, 0.2) is 0 Å². The average Bonchev–Trinajstić information content (AvgIpc) is 2.61. The van der Waals surface area contributed by atoms with Crippen LogP contribution in [0.3, 0.4) is 0 Å². The normalized spacial score (nSPS) is 18.0. The van der Waals surface area contributed by atoms with Crippen LogP contribution in [0.15, 0.2) is 24.3 Å². The summed E-state index contributed by atoms with van der Waals surface area (Å²) < 4.78 is 5.44. The van der Waals surface area contributed by atoms with E-state index in [0.29, 0.717) is 23.5 Å². The molecule has 0 radical (unpaired) electrons. The van der Waals surface area contributed by atoms with Crippen LogP contribution in [0.1, 0.15) is 32.4 Å². The van der Waals surface area contributed by atoms with Crippen molar-refractivity contribution in [1.29, 1.82) is 0 Å². The van der Waals surface area contributed by atoms with Gasteiger partial charge in [-0.25, -0.2) is 4.79 Å². The van der Waals surface area contributed by atoms with E-state index < -0.39 is 0 Å². The number of benzene rings is 1. The molecule has 2 rings (SSSR count). The fraction of sp³-hybridized carbons (Fsp3) is 0.632. The topological polar surface area (TPSA) is 44.8 Å². The summed E-state index contributed by atoms with van der Waals surface area (Å²) in [5, 5.41) is 3.80. The first kappa shape index (κ1) is 20.0. The number of ether oxygens (including phenoxy) is 1. The molecule has 5 nitrogen and oxygen atoms in total. The van der Waals surface area contributed by atoms with Gasteiger partial charge in [0.1, 0.15) is 0 Å². The van der Waals surface area contributed by atoms with Crippen molar-refractivity contribution in [3.05, 3.63) is 34.9 Å². The first-order chi connectivity index (χ1) is 11.9. The molecular weight excluding hydrogens is 338 g/mol. The van der Waals surface area contributed by atoms with Crippen molar-refractivity contribution in [3.8, 4) is 0 Å². The van der Waals surface area contributed by atoms with E-state index in [1.165, 1.54) is 0 Å². The van der Waals surface area contributed by atoms with E-state index in [9.17, 15) is 4.79 Å². The van der Waals surface area contributed by atoms with E-state index in [2.05, 4.69) is 24.1 Å². The Morgan fingerprint density at radius 3 is 2.40 bits per heavy atom. The van der Waals surface area contributed by atoms with Crippen LogP contribution in [0.4, 0.5) is 4.79 Å². The van der Waals surface area contributed by atoms with Crippen molar-refractivity contribution in [3.63, 3.8) is 0 Å². The summed E-state index contributed by atoms with van der Waals surface area (Å²) in [5.74, 6) is 0.470. The maximum absolute atomic E-state index is 12.6. The third kappa shape index (κ3) is 5.59. The second-order valence-corrected chi connectivity index (χ2v) is 7.42. The molecule has 2 atom stereocenters. The molecule has 1 aliphatic rings. The summed E-state index contributed by atoms with van der Waals surface area (Å²) in [6, 6.07) is 7.88. The Balaban J connectivity index is 1.91. The van der Waals surface area contributed by atoms with Gasteiger partial charge in [0, 0.05) is 37.7 Å². The SMILES string of the molecule is CC(C)C(CNC(=O)N(C)C(C)c1ccc(Cl)cc1)N1CCOCC1. The predicted molar refractivity (Wildman–Crippen MR) is 102 cm³/mol. The van der Waals surface area contributed by atoms with Crippen LogP contribution in [0.5, 0.6) is 0 Å². The molecule has 1 aliphatic heterocycles. The Morgan fingerprint density at radius 1 is 1.24 bits per heavy atom. The number of urea groups is 1. The molecule has 2 unspecified atom stereocenters. The van der Waals surface area contributed by atoms with Crippen molar-refractivity contribution in [2.24, 2.45) is 5.92 Å². The number of amides is 2. The summed E-state index contributed by atoms with van der Waals surface area (Å²) in [5.41, 5.74) is 1.07. The molecule has 0 spiro atoms. The van der Waals surface area contributed by atoms with Gasteiger partial charge in [-0.15, -0.1) is 0 Å². The Bertz CT molecular complexity index is 544. The maximum atomic E-state index is 12.6. The lowest BCUT2D eigenvalue weighted by Crippen LogP contribution is -2.52. The third-order valence-corrected chi connectivity index (χ3v) is 5.25. The average molecular weight is 368 g/mol. The molecule has 140 valence electrons. The van der Waals surface area contributed by atoms with Gasteiger partial charge >= 0.3 is 6.03 Å².